The summed E-state index contributed by atoms with van der Waals surface area (Å²) in [6.07, 6.45) is 9.70. The summed E-state index contributed by atoms with van der Waals surface area (Å²) in [4.78, 5) is 0. The van der Waals surface area contributed by atoms with Crippen molar-refractivity contribution >= 4 is 15.9 Å². The van der Waals surface area contributed by atoms with Gasteiger partial charge >= 0.3 is 0 Å². The minimum atomic E-state index is 1.07. The van der Waals surface area contributed by atoms with Crippen LogP contribution in [0, 0.1) is 0 Å². The van der Waals surface area contributed by atoms with Gasteiger partial charge < -0.3 is 0 Å². The van der Waals surface area contributed by atoms with Crippen LogP contribution in [0.5, 0.6) is 0 Å². The Balaban J connectivity index is 2.94. The topological polar surface area (TPSA) is 0 Å². The number of alkyl halides is 1. The fourth-order valence-electron chi connectivity index (χ4n) is 0.513. The molecule has 0 N–H and O–H groups in total. The van der Waals surface area contributed by atoms with Gasteiger partial charge in [0.25, 0.3) is 0 Å². The van der Waals surface area contributed by atoms with Gasteiger partial charge in [0.2, 0.25) is 0 Å². The van der Waals surface area contributed by atoms with Crippen molar-refractivity contribution in [2.24, 2.45) is 0 Å². The lowest BCUT2D eigenvalue weighted by Crippen LogP contribution is -1.66. The largest absolute Gasteiger partial charge is 0.103 e. The lowest BCUT2D eigenvalue weighted by molar-refractivity contribution is 1.04. The molecule has 0 unspecified atom stereocenters. The van der Waals surface area contributed by atoms with E-state index in [1.807, 2.05) is 6.08 Å². The maximum atomic E-state index is 3.64. The van der Waals surface area contributed by atoms with Crippen LogP contribution in [-0.2, 0) is 0 Å². The highest BCUT2D eigenvalue weighted by molar-refractivity contribution is 9.09. The number of rotatable bonds is 5. The highest BCUT2D eigenvalue weighted by Crippen LogP contribution is 1.94. The first-order valence-corrected chi connectivity index (χ1v) is 4.36. The molecule has 0 amide bonds. The summed E-state index contributed by atoms with van der Waals surface area (Å²) >= 11 is 3.35. The molecule has 0 aromatic rings. The zero-order chi connectivity index (χ0) is 6.95. The van der Waals surface area contributed by atoms with Crippen molar-refractivity contribution in [3.63, 3.8) is 0 Å². The van der Waals surface area contributed by atoms with Crippen molar-refractivity contribution in [1.82, 2.24) is 0 Å². The van der Waals surface area contributed by atoms with Crippen LogP contribution >= 0.6 is 15.9 Å². The highest BCUT2D eigenvalue weighted by atomic mass is 79.9. The smallest absolute Gasteiger partial charge is 0.00659 e. The van der Waals surface area contributed by atoms with Crippen molar-refractivity contribution in [3.8, 4) is 0 Å². The Morgan fingerprint density at radius 3 is 2.33 bits per heavy atom. The van der Waals surface area contributed by atoms with Gasteiger partial charge in [0.05, 0.1) is 0 Å². The summed E-state index contributed by atoms with van der Waals surface area (Å²) in [5, 5.41) is 1.07. The fraction of sp³-hybridized carbons (Fsp3) is 0.500. The van der Waals surface area contributed by atoms with Crippen LogP contribution in [0.4, 0.5) is 0 Å². The molecule has 1 heteroatoms. The molecule has 0 spiro atoms. The molecule has 0 atom stereocenters. The summed E-state index contributed by atoms with van der Waals surface area (Å²) < 4.78 is 0. The van der Waals surface area contributed by atoms with Crippen molar-refractivity contribution in [2.75, 3.05) is 5.33 Å². The number of allylic oxidation sites excluding steroid dienone is 3. The lowest BCUT2D eigenvalue weighted by Gasteiger charge is -1.84. The Bertz CT molecular complexity index is 84.6. The van der Waals surface area contributed by atoms with E-state index in [1.165, 1.54) is 0 Å². The number of halogens is 1. The van der Waals surface area contributed by atoms with E-state index < -0.39 is 0 Å². The lowest BCUT2D eigenvalue weighted by atomic mass is 10.3. The summed E-state index contributed by atoms with van der Waals surface area (Å²) in [7, 11) is 0. The third kappa shape index (κ3) is 7.96. The molecule has 0 aromatic carbocycles. The van der Waals surface area contributed by atoms with Crippen molar-refractivity contribution in [3.05, 3.63) is 24.8 Å². The molecule has 52 valence electrons. The predicted octanol–water partition coefficient (Wildman–Crippen LogP) is 3.29. The van der Waals surface area contributed by atoms with Gasteiger partial charge in [-0.15, -0.1) is 6.58 Å². The first kappa shape index (κ1) is 8.96. The maximum Gasteiger partial charge on any atom is 0.00659 e. The second kappa shape index (κ2) is 7.96. The average molecular weight is 189 g/mol. The third-order valence-corrected chi connectivity index (χ3v) is 1.44. The quantitative estimate of drug-likeness (QED) is 0.353. The van der Waals surface area contributed by atoms with Gasteiger partial charge in [0, 0.05) is 5.33 Å². The second-order valence-corrected chi connectivity index (χ2v) is 2.61. The summed E-state index contributed by atoms with van der Waals surface area (Å²) in [6.45, 7) is 3.64. The monoisotopic (exact) mass is 188 g/mol. The number of hydrogen-bond donors (Lipinski definition) is 0. The fourth-order valence-corrected chi connectivity index (χ4v) is 0.777. The predicted molar refractivity (Wildman–Crippen MR) is 47.0 cm³/mol. The van der Waals surface area contributed by atoms with E-state index in [1.54, 1.807) is 0 Å². The van der Waals surface area contributed by atoms with Gasteiger partial charge in [-0.1, -0.05) is 34.2 Å². The Morgan fingerprint density at radius 1 is 1.11 bits per heavy atom. The van der Waals surface area contributed by atoms with Crippen molar-refractivity contribution < 1.29 is 0 Å². The van der Waals surface area contributed by atoms with Crippen LogP contribution < -0.4 is 0 Å². The molecule has 0 aromatic heterocycles. The minimum Gasteiger partial charge on any atom is -0.103 e. The molecule has 0 bridgehead atoms. The average Bonchev–Trinajstić information content (AvgIpc) is 1.89. The van der Waals surface area contributed by atoms with Crippen LogP contribution in [0.3, 0.4) is 0 Å². The maximum absolute atomic E-state index is 3.64. The molecule has 0 radical (unpaired) electrons. The SMILES string of the molecule is C=CCCC=CCCBr. The third-order valence-electron chi connectivity index (χ3n) is 0.980. The molecule has 0 aliphatic carbocycles. The second-order valence-electron chi connectivity index (χ2n) is 1.82. The van der Waals surface area contributed by atoms with Crippen LogP contribution in [0.2, 0.25) is 0 Å². The van der Waals surface area contributed by atoms with Gasteiger partial charge in [0.1, 0.15) is 0 Å². The van der Waals surface area contributed by atoms with Gasteiger partial charge in [-0.25, -0.2) is 0 Å². The summed E-state index contributed by atoms with van der Waals surface area (Å²) in [6, 6.07) is 0. The van der Waals surface area contributed by atoms with Crippen molar-refractivity contribution in [2.45, 2.75) is 19.3 Å². The Kier molecular flexibility index (Phi) is 7.92. The first-order valence-electron chi connectivity index (χ1n) is 3.23. The van der Waals surface area contributed by atoms with E-state index in [-0.39, 0.29) is 0 Å². The van der Waals surface area contributed by atoms with Crippen LogP contribution in [0.15, 0.2) is 24.8 Å². The van der Waals surface area contributed by atoms with E-state index in [0.717, 1.165) is 24.6 Å². The Labute approximate surface area is 65.8 Å². The number of hydrogen-bond acceptors (Lipinski definition) is 0. The summed E-state index contributed by atoms with van der Waals surface area (Å²) in [5.74, 6) is 0. The molecule has 0 heterocycles. The standard InChI is InChI=1S/C8H13Br/c1-2-3-4-5-6-7-8-9/h2,5-6H,1,3-4,7-8H2. The molecule has 9 heavy (non-hydrogen) atoms. The molecule has 0 aliphatic rings. The summed E-state index contributed by atoms with van der Waals surface area (Å²) in [5.41, 5.74) is 0. The van der Waals surface area contributed by atoms with E-state index in [2.05, 4.69) is 34.7 Å². The molecule has 0 fully saturated rings. The van der Waals surface area contributed by atoms with Gasteiger partial charge in [-0.05, 0) is 19.3 Å². The minimum absolute atomic E-state index is 1.07. The molecule has 0 saturated heterocycles. The highest BCUT2D eigenvalue weighted by Gasteiger charge is 1.74. The zero-order valence-electron chi connectivity index (χ0n) is 5.65. The van der Waals surface area contributed by atoms with Crippen molar-refractivity contribution in [1.29, 1.82) is 0 Å². The van der Waals surface area contributed by atoms with Gasteiger partial charge in [0.15, 0.2) is 0 Å². The molecular formula is C8H13Br. The molecular weight excluding hydrogens is 176 g/mol. The van der Waals surface area contributed by atoms with Gasteiger partial charge in [-0.3, -0.25) is 0 Å². The zero-order valence-corrected chi connectivity index (χ0v) is 7.23. The van der Waals surface area contributed by atoms with E-state index in [9.17, 15) is 0 Å². The molecule has 0 nitrogen and oxygen atoms in total. The van der Waals surface area contributed by atoms with E-state index in [0.29, 0.717) is 0 Å². The van der Waals surface area contributed by atoms with Gasteiger partial charge in [-0.2, -0.15) is 0 Å². The van der Waals surface area contributed by atoms with Crippen LogP contribution in [-0.4, -0.2) is 5.33 Å². The Morgan fingerprint density at radius 2 is 1.78 bits per heavy atom. The first-order chi connectivity index (χ1) is 4.41. The van der Waals surface area contributed by atoms with E-state index >= 15 is 0 Å². The van der Waals surface area contributed by atoms with E-state index in [4.69, 9.17) is 0 Å². The van der Waals surface area contributed by atoms with Crippen LogP contribution in [0.1, 0.15) is 19.3 Å². The normalized spacial score (nSPS) is 10.3. The molecule has 0 rings (SSSR count). The number of unbranched alkanes of at least 4 members (excludes halogenated alkanes) is 1. The Hall–Kier alpha value is -0.0400. The molecule has 0 saturated carbocycles. The van der Waals surface area contributed by atoms with Crippen LogP contribution in [0.25, 0.3) is 0 Å². The molecule has 0 aliphatic heterocycles.